The first kappa shape index (κ1) is 12.4. The molecule has 4 N–H and O–H groups in total. The van der Waals surface area contributed by atoms with Gasteiger partial charge in [0.1, 0.15) is 0 Å². The van der Waals surface area contributed by atoms with E-state index in [2.05, 4.69) is 15.6 Å². The van der Waals surface area contributed by atoms with Crippen LogP contribution in [0.15, 0.2) is 48.5 Å². The number of carbonyl (C=O) groups is 1. The number of amides is 2. The number of anilines is 3. The van der Waals surface area contributed by atoms with E-state index in [1.165, 1.54) is 11.3 Å². The van der Waals surface area contributed by atoms with E-state index < -0.39 is 0 Å². The molecule has 0 spiro atoms. The van der Waals surface area contributed by atoms with Gasteiger partial charge in [-0.25, -0.2) is 9.78 Å². The molecule has 2 aromatic carbocycles. The summed E-state index contributed by atoms with van der Waals surface area (Å²) in [7, 11) is 0. The molecule has 0 aliphatic heterocycles. The van der Waals surface area contributed by atoms with E-state index >= 15 is 0 Å². The zero-order valence-corrected chi connectivity index (χ0v) is 11.3. The van der Waals surface area contributed by atoms with Crippen molar-refractivity contribution >= 4 is 44.1 Å². The third kappa shape index (κ3) is 2.70. The third-order valence-corrected chi connectivity index (χ3v) is 3.63. The lowest BCUT2D eigenvalue weighted by Gasteiger charge is -2.05. The highest BCUT2D eigenvalue weighted by Crippen LogP contribution is 2.25. The number of urea groups is 1. The van der Waals surface area contributed by atoms with E-state index in [0.29, 0.717) is 16.5 Å². The number of aromatic nitrogens is 1. The molecule has 0 saturated carbocycles. The van der Waals surface area contributed by atoms with Crippen LogP contribution in [-0.4, -0.2) is 11.0 Å². The van der Waals surface area contributed by atoms with Crippen molar-refractivity contribution in [1.29, 1.82) is 0 Å². The molecule has 3 rings (SSSR count). The second-order valence-electron chi connectivity index (χ2n) is 4.19. The molecule has 0 unspecified atom stereocenters. The second kappa shape index (κ2) is 5.18. The summed E-state index contributed by atoms with van der Waals surface area (Å²) in [6.07, 6.45) is 0. The average molecular weight is 284 g/mol. The van der Waals surface area contributed by atoms with Gasteiger partial charge >= 0.3 is 6.03 Å². The Morgan fingerprint density at radius 1 is 1.05 bits per heavy atom. The molecule has 20 heavy (non-hydrogen) atoms. The van der Waals surface area contributed by atoms with Crippen molar-refractivity contribution in [3.63, 3.8) is 0 Å². The van der Waals surface area contributed by atoms with Crippen molar-refractivity contribution in [1.82, 2.24) is 4.98 Å². The Balaban J connectivity index is 1.70. The summed E-state index contributed by atoms with van der Waals surface area (Å²) in [5.41, 5.74) is 7.80. The normalized spacial score (nSPS) is 10.4. The Kier molecular flexibility index (Phi) is 3.22. The van der Waals surface area contributed by atoms with Crippen molar-refractivity contribution in [2.45, 2.75) is 0 Å². The van der Waals surface area contributed by atoms with E-state index in [4.69, 9.17) is 5.73 Å². The quantitative estimate of drug-likeness (QED) is 0.630. The van der Waals surface area contributed by atoms with Gasteiger partial charge in [-0.1, -0.05) is 23.5 Å². The van der Waals surface area contributed by atoms with Crippen LogP contribution in [0.1, 0.15) is 0 Å². The fraction of sp³-hybridized carbons (Fsp3) is 0. The third-order valence-electron chi connectivity index (χ3n) is 2.68. The van der Waals surface area contributed by atoms with Gasteiger partial charge in [-0.05, 0) is 36.4 Å². The van der Waals surface area contributed by atoms with Gasteiger partial charge in [0.05, 0.1) is 10.2 Å². The van der Waals surface area contributed by atoms with Crippen molar-refractivity contribution in [3.8, 4) is 0 Å². The maximum Gasteiger partial charge on any atom is 0.325 e. The maximum atomic E-state index is 11.9. The summed E-state index contributed by atoms with van der Waals surface area (Å²) < 4.78 is 1.04. The molecular weight excluding hydrogens is 272 g/mol. The number of thiazole rings is 1. The summed E-state index contributed by atoms with van der Waals surface area (Å²) in [6.45, 7) is 0. The molecule has 0 saturated heterocycles. The summed E-state index contributed by atoms with van der Waals surface area (Å²) in [5, 5.41) is 6.01. The lowest BCUT2D eigenvalue weighted by atomic mass is 10.3. The number of nitrogens with two attached hydrogens (primary N) is 1. The topological polar surface area (TPSA) is 80.0 Å². The Morgan fingerprint density at radius 3 is 2.55 bits per heavy atom. The zero-order chi connectivity index (χ0) is 13.9. The van der Waals surface area contributed by atoms with Gasteiger partial charge in [0.15, 0.2) is 5.13 Å². The number of rotatable bonds is 2. The van der Waals surface area contributed by atoms with Crippen LogP contribution in [0.25, 0.3) is 10.2 Å². The number of fused-ring (bicyclic) bond motifs is 1. The fourth-order valence-corrected chi connectivity index (χ4v) is 2.61. The number of nitrogens with zero attached hydrogens (tertiary/aromatic N) is 1. The number of carbonyl (C=O) groups excluding carboxylic acids is 1. The largest absolute Gasteiger partial charge is 0.399 e. The minimum atomic E-state index is -0.325. The smallest absolute Gasteiger partial charge is 0.325 e. The molecule has 0 atom stereocenters. The Morgan fingerprint density at radius 2 is 1.80 bits per heavy atom. The van der Waals surface area contributed by atoms with Crippen LogP contribution in [0.3, 0.4) is 0 Å². The van der Waals surface area contributed by atoms with Gasteiger partial charge in [-0.3, -0.25) is 5.32 Å². The lowest BCUT2D eigenvalue weighted by Crippen LogP contribution is -2.19. The molecule has 2 amide bonds. The van der Waals surface area contributed by atoms with E-state index in [9.17, 15) is 4.79 Å². The Labute approximate surface area is 119 Å². The minimum Gasteiger partial charge on any atom is -0.399 e. The molecule has 0 radical (unpaired) electrons. The molecule has 5 nitrogen and oxygen atoms in total. The van der Waals surface area contributed by atoms with Crippen molar-refractivity contribution in [3.05, 3.63) is 48.5 Å². The first-order chi connectivity index (χ1) is 9.70. The highest BCUT2D eigenvalue weighted by Gasteiger charge is 2.07. The molecule has 1 heterocycles. The van der Waals surface area contributed by atoms with Crippen molar-refractivity contribution < 1.29 is 4.79 Å². The Hall–Kier alpha value is -2.60. The van der Waals surface area contributed by atoms with Crippen molar-refractivity contribution in [2.24, 2.45) is 0 Å². The number of nitrogen functional groups attached to an aromatic ring is 1. The lowest BCUT2D eigenvalue weighted by molar-refractivity contribution is 0.262. The standard InChI is InChI=1S/C14H12N4OS/c15-9-5-7-10(8-6-9)16-13(19)18-14-17-11-3-1-2-4-12(11)20-14/h1-8H,15H2,(H2,16,17,18,19). The monoisotopic (exact) mass is 284 g/mol. The number of benzene rings is 2. The number of para-hydroxylation sites is 1. The minimum absolute atomic E-state index is 0.325. The van der Waals surface area contributed by atoms with E-state index in [1.807, 2.05) is 24.3 Å². The maximum absolute atomic E-state index is 11.9. The van der Waals surface area contributed by atoms with Crippen LogP contribution >= 0.6 is 11.3 Å². The van der Waals surface area contributed by atoms with Crippen molar-refractivity contribution in [2.75, 3.05) is 16.4 Å². The Bertz CT molecular complexity index is 718. The first-order valence-electron chi connectivity index (χ1n) is 6.00. The number of nitrogens with one attached hydrogen (secondary N) is 2. The van der Waals surface area contributed by atoms with Crippen LogP contribution in [0.2, 0.25) is 0 Å². The van der Waals surface area contributed by atoms with Crippen LogP contribution in [0.4, 0.5) is 21.3 Å². The summed E-state index contributed by atoms with van der Waals surface area (Å²) in [4.78, 5) is 16.2. The van der Waals surface area contributed by atoms with Gasteiger partial charge < -0.3 is 11.1 Å². The molecule has 0 bridgehead atoms. The van der Waals surface area contributed by atoms with Gasteiger partial charge in [0.2, 0.25) is 0 Å². The predicted octanol–water partition coefficient (Wildman–Crippen LogP) is 3.52. The van der Waals surface area contributed by atoms with Gasteiger partial charge in [0, 0.05) is 11.4 Å². The zero-order valence-electron chi connectivity index (χ0n) is 10.5. The average Bonchev–Trinajstić information content (AvgIpc) is 2.83. The van der Waals surface area contributed by atoms with Gasteiger partial charge in [-0.15, -0.1) is 0 Å². The van der Waals surface area contributed by atoms with Crippen LogP contribution in [-0.2, 0) is 0 Å². The molecule has 0 aliphatic carbocycles. The van der Waals surface area contributed by atoms with Crippen LogP contribution in [0, 0.1) is 0 Å². The number of hydrogen-bond donors (Lipinski definition) is 3. The fourth-order valence-electron chi connectivity index (χ4n) is 1.75. The molecular formula is C14H12N4OS. The first-order valence-corrected chi connectivity index (χ1v) is 6.81. The summed E-state index contributed by atoms with van der Waals surface area (Å²) in [5.74, 6) is 0. The number of hydrogen-bond acceptors (Lipinski definition) is 4. The van der Waals surface area contributed by atoms with Gasteiger partial charge in [-0.2, -0.15) is 0 Å². The van der Waals surface area contributed by atoms with Crippen LogP contribution < -0.4 is 16.4 Å². The molecule has 0 fully saturated rings. The molecule has 1 aromatic heterocycles. The SMILES string of the molecule is Nc1ccc(NC(=O)Nc2nc3ccccc3s2)cc1. The van der Waals surface area contributed by atoms with E-state index in [1.54, 1.807) is 24.3 Å². The van der Waals surface area contributed by atoms with E-state index in [0.717, 1.165) is 10.2 Å². The predicted molar refractivity (Wildman–Crippen MR) is 83.1 cm³/mol. The van der Waals surface area contributed by atoms with Gasteiger partial charge in [0.25, 0.3) is 0 Å². The highest BCUT2D eigenvalue weighted by atomic mass is 32.1. The second-order valence-corrected chi connectivity index (χ2v) is 5.22. The molecule has 6 heteroatoms. The highest BCUT2D eigenvalue weighted by molar-refractivity contribution is 7.22. The van der Waals surface area contributed by atoms with Crippen LogP contribution in [0.5, 0.6) is 0 Å². The van der Waals surface area contributed by atoms with E-state index in [-0.39, 0.29) is 6.03 Å². The summed E-state index contributed by atoms with van der Waals surface area (Å²) >= 11 is 1.44. The summed E-state index contributed by atoms with van der Waals surface area (Å²) in [6, 6.07) is 14.4. The molecule has 100 valence electrons. The molecule has 0 aliphatic rings. The molecule has 3 aromatic rings.